The Morgan fingerprint density at radius 2 is 1.76 bits per heavy atom. The van der Waals surface area contributed by atoms with Crippen LogP contribution >= 0.6 is 0 Å². The molecule has 0 saturated carbocycles. The van der Waals surface area contributed by atoms with Crippen LogP contribution in [0.3, 0.4) is 0 Å². The molecule has 1 atom stereocenters. The predicted molar refractivity (Wildman–Crippen MR) is 103 cm³/mol. The van der Waals surface area contributed by atoms with Gasteiger partial charge >= 0.3 is 0 Å². The maximum atomic E-state index is 12.3. The number of hydrogen-bond donors (Lipinski definition) is 2. The van der Waals surface area contributed by atoms with Crippen molar-refractivity contribution in [1.29, 1.82) is 0 Å². The minimum Gasteiger partial charge on any atom is -0.372 e. The first kappa shape index (κ1) is 18.7. The van der Waals surface area contributed by atoms with E-state index in [1.54, 1.807) is 6.20 Å². The van der Waals surface area contributed by atoms with Crippen molar-refractivity contribution in [2.45, 2.75) is 40.2 Å². The molecule has 0 saturated heterocycles. The van der Waals surface area contributed by atoms with E-state index < -0.39 is 0 Å². The van der Waals surface area contributed by atoms with Gasteiger partial charge in [-0.05, 0) is 51.5 Å². The van der Waals surface area contributed by atoms with Crippen LogP contribution in [0.1, 0.15) is 44.6 Å². The standard InChI is InChI=1S/C19H27N5O/c1-5-14(4)22-18-13-20-17(12-21-18)19(25)23-15-8-10-16(11-9-15)24(6-2)7-3/h8-14H,5-7H2,1-4H3,(H,21,22)(H,23,25). The van der Waals surface area contributed by atoms with Gasteiger partial charge in [0.25, 0.3) is 5.91 Å². The molecule has 2 N–H and O–H groups in total. The summed E-state index contributed by atoms with van der Waals surface area (Å²) in [6.07, 6.45) is 4.07. The predicted octanol–water partition coefficient (Wildman–Crippen LogP) is 3.79. The van der Waals surface area contributed by atoms with Gasteiger partial charge in [-0.25, -0.2) is 9.97 Å². The zero-order chi connectivity index (χ0) is 18.2. The Morgan fingerprint density at radius 3 is 2.28 bits per heavy atom. The Hall–Kier alpha value is -2.63. The maximum Gasteiger partial charge on any atom is 0.275 e. The van der Waals surface area contributed by atoms with Gasteiger partial charge in [-0.15, -0.1) is 0 Å². The molecule has 1 unspecified atom stereocenters. The number of benzene rings is 1. The van der Waals surface area contributed by atoms with Gasteiger partial charge in [0.1, 0.15) is 11.5 Å². The summed E-state index contributed by atoms with van der Waals surface area (Å²) in [5, 5.41) is 6.08. The third-order valence-electron chi connectivity index (χ3n) is 4.14. The molecular weight excluding hydrogens is 314 g/mol. The summed E-state index contributed by atoms with van der Waals surface area (Å²) in [5.74, 6) is 0.410. The number of nitrogens with one attached hydrogen (secondary N) is 2. The molecule has 134 valence electrons. The molecule has 0 spiro atoms. The molecule has 0 fully saturated rings. The average molecular weight is 341 g/mol. The molecule has 0 bridgehead atoms. The molecule has 6 heteroatoms. The normalized spacial score (nSPS) is 11.7. The Morgan fingerprint density at radius 1 is 1.08 bits per heavy atom. The van der Waals surface area contributed by atoms with Gasteiger partial charge < -0.3 is 15.5 Å². The van der Waals surface area contributed by atoms with Gasteiger partial charge in [0.15, 0.2) is 0 Å². The molecule has 0 aliphatic heterocycles. The van der Waals surface area contributed by atoms with Crippen molar-refractivity contribution in [3.8, 4) is 0 Å². The molecule has 0 aliphatic carbocycles. The summed E-state index contributed by atoms with van der Waals surface area (Å²) in [7, 11) is 0. The van der Waals surface area contributed by atoms with Crippen molar-refractivity contribution in [2.75, 3.05) is 28.6 Å². The molecule has 25 heavy (non-hydrogen) atoms. The van der Waals surface area contributed by atoms with Crippen LogP contribution in [0.15, 0.2) is 36.7 Å². The number of amides is 1. The molecule has 1 aromatic heterocycles. The molecular formula is C19H27N5O. The van der Waals surface area contributed by atoms with Crippen LogP contribution in [0.2, 0.25) is 0 Å². The van der Waals surface area contributed by atoms with Crippen LogP contribution < -0.4 is 15.5 Å². The first-order valence-corrected chi connectivity index (χ1v) is 8.82. The lowest BCUT2D eigenvalue weighted by Crippen LogP contribution is -2.21. The van der Waals surface area contributed by atoms with E-state index in [4.69, 9.17) is 0 Å². The third-order valence-corrected chi connectivity index (χ3v) is 4.14. The number of carbonyl (C=O) groups is 1. The van der Waals surface area contributed by atoms with Crippen molar-refractivity contribution in [3.05, 3.63) is 42.4 Å². The number of nitrogens with zero attached hydrogens (tertiary/aromatic N) is 3. The number of anilines is 3. The number of hydrogen-bond acceptors (Lipinski definition) is 5. The van der Waals surface area contributed by atoms with Crippen molar-refractivity contribution in [1.82, 2.24) is 9.97 Å². The highest BCUT2D eigenvalue weighted by molar-refractivity contribution is 6.02. The van der Waals surface area contributed by atoms with Crippen LogP contribution in [0.25, 0.3) is 0 Å². The van der Waals surface area contributed by atoms with Crippen LogP contribution in [0.4, 0.5) is 17.2 Å². The SMILES string of the molecule is CCC(C)Nc1cnc(C(=O)Nc2ccc(N(CC)CC)cc2)cn1. The Labute approximate surface area is 149 Å². The summed E-state index contributed by atoms with van der Waals surface area (Å²) in [6, 6.07) is 8.13. The van der Waals surface area contributed by atoms with E-state index >= 15 is 0 Å². The molecule has 1 amide bonds. The maximum absolute atomic E-state index is 12.3. The van der Waals surface area contributed by atoms with Gasteiger partial charge in [-0.3, -0.25) is 4.79 Å². The number of carbonyl (C=O) groups excluding carboxylic acids is 1. The summed E-state index contributed by atoms with van der Waals surface area (Å²) in [6.45, 7) is 10.3. The minimum atomic E-state index is -0.266. The van der Waals surface area contributed by atoms with Crippen molar-refractivity contribution in [3.63, 3.8) is 0 Å². The average Bonchev–Trinajstić information content (AvgIpc) is 2.64. The molecule has 6 nitrogen and oxygen atoms in total. The quantitative estimate of drug-likeness (QED) is 0.764. The van der Waals surface area contributed by atoms with Crippen LogP contribution in [0, 0.1) is 0 Å². The zero-order valence-electron chi connectivity index (χ0n) is 15.4. The monoisotopic (exact) mass is 341 g/mol. The first-order chi connectivity index (χ1) is 12.1. The minimum absolute atomic E-state index is 0.266. The summed E-state index contributed by atoms with van der Waals surface area (Å²) in [4.78, 5) is 23.0. The van der Waals surface area contributed by atoms with E-state index in [2.05, 4.69) is 53.2 Å². The van der Waals surface area contributed by atoms with Crippen LogP contribution in [-0.4, -0.2) is 35.0 Å². The highest BCUT2D eigenvalue weighted by Crippen LogP contribution is 2.18. The van der Waals surface area contributed by atoms with Crippen molar-refractivity contribution < 1.29 is 4.79 Å². The Bertz CT molecular complexity index is 665. The summed E-state index contributed by atoms with van der Waals surface area (Å²) in [5.41, 5.74) is 2.18. The van der Waals surface area contributed by atoms with E-state index in [0.29, 0.717) is 17.6 Å². The Kier molecular flexibility index (Phi) is 6.74. The summed E-state index contributed by atoms with van der Waals surface area (Å²) >= 11 is 0. The topological polar surface area (TPSA) is 70.2 Å². The van der Waals surface area contributed by atoms with Gasteiger partial charge in [0.05, 0.1) is 12.4 Å². The zero-order valence-corrected chi connectivity index (χ0v) is 15.4. The third kappa shape index (κ3) is 5.17. The largest absolute Gasteiger partial charge is 0.372 e. The van der Waals surface area contributed by atoms with E-state index in [1.807, 2.05) is 24.3 Å². The summed E-state index contributed by atoms with van der Waals surface area (Å²) < 4.78 is 0. The van der Waals surface area contributed by atoms with E-state index in [-0.39, 0.29) is 5.91 Å². The second-order valence-electron chi connectivity index (χ2n) is 5.91. The van der Waals surface area contributed by atoms with Gasteiger partial charge in [-0.1, -0.05) is 6.92 Å². The van der Waals surface area contributed by atoms with Crippen LogP contribution in [-0.2, 0) is 0 Å². The van der Waals surface area contributed by atoms with E-state index in [1.165, 1.54) is 6.20 Å². The molecule has 0 aliphatic rings. The van der Waals surface area contributed by atoms with Crippen molar-refractivity contribution in [2.24, 2.45) is 0 Å². The second kappa shape index (κ2) is 9.01. The fourth-order valence-corrected chi connectivity index (χ4v) is 2.41. The van der Waals surface area contributed by atoms with E-state index in [0.717, 1.165) is 30.9 Å². The number of rotatable bonds is 8. The molecule has 1 aromatic carbocycles. The molecule has 2 rings (SSSR count). The van der Waals surface area contributed by atoms with Gasteiger partial charge in [-0.2, -0.15) is 0 Å². The van der Waals surface area contributed by atoms with Crippen LogP contribution in [0.5, 0.6) is 0 Å². The van der Waals surface area contributed by atoms with Crippen molar-refractivity contribution >= 4 is 23.1 Å². The Balaban J connectivity index is 1.99. The van der Waals surface area contributed by atoms with E-state index in [9.17, 15) is 4.79 Å². The highest BCUT2D eigenvalue weighted by Gasteiger charge is 2.10. The lowest BCUT2D eigenvalue weighted by Gasteiger charge is -2.21. The fourth-order valence-electron chi connectivity index (χ4n) is 2.41. The molecule has 1 heterocycles. The highest BCUT2D eigenvalue weighted by atomic mass is 16.1. The first-order valence-electron chi connectivity index (χ1n) is 8.82. The molecule has 2 aromatic rings. The fraction of sp³-hybridized carbons (Fsp3) is 0.421. The lowest BCUT2D eigenvalue weighted by molar-refractivity contribution is 0.102. The van der Waals surface area contributed by atoms with Gasteiger partial charge in [0.2, 0.25) is 0 Å². The number of aromatic nitrogens is 2. The second-order valence-corrected chi connectivity index (χ2v) is 5.91. The smallest absolute Gasteiger partial charge is 0.275 e. The van der Waals surface area contributed by atoms with Gasteiger partial charge in [0, 0.05) is 30.5 Å². The lowest BCUT2D eigenvalue weighted by atomic mass is 10.2. The molecule has 0 radical (unpaired) electrons.